The van der Waals surface area contributed by atoms with Crippen molar-refractivity contribution in [3.8, 4) is 0 Å². The molecule has 3 nitrogen and oxygen atoms in total. The van der Waals surface area contributed by atoms with Crippen molar-refractivity contribution in [2.24, 2.45) is 5.73 Å². The van der Waals surface area contributed by atoms with Crippen LogP contribution in [0.15, 0.2) is 18.2 Å². The number of hydrogen-bond acceptors (Lipinski definition) is 4. The predicted octanol–water partition coefficient (Wildman–Crippen LogP) is 1.60. The molecule has 0 spiro atoms. The SMILES string of the molecule is Cc1ccc2sc(C(N)CO)nc2c1. The highest BCUT2D eigenvalue weighted by Gasteiger charge is 2.10. The van der Waals surface area contributed by atoms with Gasteiger partial charge in [0.15, 0.2) is 0 Å². The minimum atomic E-state index is -0.354. The maximum Gasteiger partial charge on any atom is 0.113 e. The van der Waals surface area contributed by atoms with Crippen molar-refractivity contribution >= 4 is 21.6 Å². The van der Waals surface area contributed by atoms with Gasteiger partial charge in [-0.2, -0.15) is 0 Å². The minimum Gasteiger partial charge on any atom is -0.394 e. The Morgan fingerprint density at radius 3 is 3.07 bits per heavy atom. The molecular formula is C10H12N2OS. The fraction of sp³-hybridized carbons (Fsp3) is 0.300. The van der Waals surface area contributed by atoms with Gasteiger partial charge >= 0.3 is 0 Å². The molecule has 0 fully saturated rings. The van der Waals surface area contributed by atoms with Gasteiger partial charge in [0.05, 0.1) is 22.9 Å². The molecule has 3 N–H and O–H groups in total. The Bertz CT molecular complexity index is 452. The fourth-order valence-corrected chi connectivity index (χ4v) is 2.23. The molecule has 1 atom stereocenters. The van der Waals surface area contributed by atoms with Crippen LogP contribution in [0.2, 0.25) is 0 Å². The van der Waals surface area contributed by atoms with E-state index in [0.717, 1.165) is 15.2 Å². The molecular weight excluding hydrogens is 196 g/mol. The van der Waals surface area contributed by atoms with Crippen molar-refractivity contribution in [2.75, 3.05) is 6.61 Å². The summed E-state index contributed by atoms with van der Waals surface area (Å²) in [6.45, 7) is 1.98. The van der Waals surface area contributed by atoms with Crippen LogP contribution in [-0.2, 0) is 0 Å². The summed E-state index contributed by atoms with van der Waals surface area (Å²) >= 11 is 1.54. The summed E-state index contributed by atoms with van der Waals surface area (Å²) in [4.78, 5) is 4.38. The number of benzene rings is 1. The van der Waals surface area contributed by atoms with E-state index < -0.39 is 0 Å². The number of aryl methyl sites for hydroxylation is 1. The van der Waals surface area contributed by atoms with Gasteiger partial charge in [0.1, 0.15) is 5.01 Å². The Kier molecular flexibility index (Phi) is 2.50. The molecule has 1 aromatic carbocycles. The quantitative estimate of drug-likeness (QED) is 0.788. The van der Waals surface area contributed by atoms with Crippen LogP contribution in [-0.4, -0.2) is 16.7 Å². The highest BCUT2D eigenvalue weighted by molar-refractivity contribution is 7.18. The first-order valence-corrected chi connectivity index (χ1v) is 5.26. The van der Waals surface area contributed by atoms with Crippen molar-refractivity contribution in [1.29, 1.82) is 0 Å². The summed E-state index contributed by atoms with van der Waals surface area (Å²) in [6.07, 6.45) is 0. The van der Waals surface area contributed by atoms with E-state index in [2.05, 4.69) is 11.1 Å². The number of rotatable bonds is 2. The second-order valence-corrected chi connectivity index (χ2v) is 4.37. The Hall–Kier alpha value is -0.970. The van der Waals surface area contributed by atoms with Crippen molar-refractivity contribution in [3.05, 3.63) is 28.8 Å². The van der Waals surface area contributed by atoms with Crippen LogP contribution in [0.25, 0.3) is 10.2 Å². The third kappa shape index (κ3) is 1.64. The van der Waals surface area contributed by atoms with Gasteiger partial charge in [0, 0.05) is 0 Å². The van der Waals surface area contributed by atoms with Crippen molar-refractivity contribution in [3.63, 3.8) is 0 Å². The Balaban J connectivity index is 2.51. The summed E-state index contributed by atoms with van der Waals surface area (Å²) in [5.74, 6) is 0. The molecule has 0 amide bonds. The first kappa shape index (κ1) is 9.58. The molecule has 74 valence electrons. The van der Waals surface area contributed by atoms with Gasteiger partial charge in [-0.3, -0.25) is 0 Å². The molecule has 0 aliphatic heterocycles. The maximum absolute atomic E-state index is 8.91. The van der Waals surface area contributed by atoms with Crippen LogP contribution >= 0.6 is 11.3 Å². The molecule has 2 aromatic rings. The summed E-state index contributed by atoms with van der Waals surface area (Å²) < 4.78 is 1.12. The van der Waals surface area contributed by atoms with Gasteiger partial charge in [-0.05, 0) is 24.6 Å². The third-order valence-corrected chi connectivity index (χ3v) is 3.24. The molecule has 0 aliphatic carbocycles. The van der Waals surface area contributed by atoms with Gasteiger partial charge in [0.25, 0.3) is 0 Å². The first-order valence-electron chi connectivity index (χ1n) is 4.44. The average Bonchev–Trinajstić information content (AvgIpc) is 2.59. The lowest BCUT2D eigenvalue weighted by Gasteiger charge is -2.00. The molecule has 1 heterocycles. The summed E-state index contributed by atoms with van der Waals surface area (Å²) in [7, 11) is 0. The van der Waals surface area contributed by atoms with Crippen LogP contribution in [0.1, 0.15) is 16.6 Å². The van der Waals surface area contributed by atoms with Gasteiger partial charge in [-0.1, -0.05) is 6.07 Å². The fourth-order valence-electron chi connectivity index (χ4n) is 1.29. The molecule has 4 heteroatoms. The monoisotopic (exact) mass is 208 g/mol. The Morgan fingerprint density at radius 1 is 1.57 bits per heavy atom. The van der Waals surface area contributed by atoms with E-state index in [9.17, 15) is 0 Å². The number of nitrogens with zero attached hydrogens (tertiary/aromatic N) is 1. The van der Waals surface area contributed by atoms with Crippen LogP contribution in [0, 0.1) is 6.92 Å². The smallest absolute Gasteiger partial charge is 0.113 e. The molecule has 1 aromatic heterocycles. The summed E-state index contributed by atoms with van der Waals surface area (Å²) in [5, 5.41) is 9.71. The minimum absolute atomic E-state index is 0.0567. The standard InChI is InChI=1S/C10H12N2OS/c1-6-2-3-9-8(4-6)12-10(14-9)7(11)5-13/h2-4,7,13H,5,11H2,1H3. The first-order chi connectivity index (χ1) is 6.70. The number of hydrogen-bond donors (Lipinski definition) is 2. The van der Waals surface area contributed by atoms with E-state index in [0.29, 0.717) is 0 Å². The highest BCUT2D eigenvalue weighted by atomic mass is 32.1. The molecule has 0 radical (unpaired) electrons. The molecule has 0 saturated heterocycles. The summed E-state index contributed by atoms with van der Waals surface area (Å²) in [6, 6.07) is 5.76. The number of nitrogens with two attached hydrogens (primary N) is 1. The molecule has 2 rings (SSSR count). The van der Waals surface area contributed by atoms with Gasteiger partial charge < -0.3 is 10.8 Å². The number of fused-ring (bicyclic) bond motifs is 1. The van der Waals surface area contributed by atoms with Crippen LogP contribution in [0.5, 0.6) is 0 Å². The second kappa shape index (κ2) is 3.65. The van der Waals surface area contributed by atoms with E-state index >= 15 is 0 Å². The van der Waals surface area contributed by atoms with Gasteiger partial charge in [0.2, 0.25) is 0 Å². The summed E-state index contributed by atoms with van der Waals surface area (Å²) in [5.41, 5.74) is 7.85. The molecule has 1 unspecified atom stereocenters. The lowest BCUT2D eigenvalue weighted by Crippen LogP contribution is -2.13. The maximum atomic E-state index is 8.91. The number of thiazole rings is 1. The van der Waals surface area contributed by atoms with Crippen LogP contribution < -0.4 is 5.73 Å². The van der Waals surface area contributed by atoms with E-state index in [-0.39, 0.29) is 12.6 Å². The normalized spacial score (nSPS) is 13.4. The van der Waals surface area contributed by atoms with Gasteiger partial charge in [-0.15, -0.1) is 11.3 Å². The van der Waals surface area contributed by atoms with Crippen LogP contribution in [0.4, 0.5) is 0 Å². The largest absolute Gasteiger partial charge is 0.394 e. The van der Waals surface area contributed by atoms with E-state index in [1.54, 1.807) is 11.3 Å². The molecule has 14 heavy (non-hydrogen) atoms. The second-order valence-electron chi connectivity index (χ2n) is 3.31. The van der Waals surface area contributed by atoms with Crippen molar-refractivity contribution in [2.45, 2.75) is 13.0 Å². The number of aromatic nitrogens is 1. The number of aliphatic hydroxyl groups excluding tert-OH is 1. The molecule has 0 bridgehead atoms. The number of aliphatic hydroxyl groups is 1. The lowest BCUT2D eigenvalue weighted by molar-refractivity contribution is 0.268. The van der Waals surface area contributed by atoms with Crippen molar-refractivity contribution < 1.29 is 5.11 Å². The average molecular weight is 208 g/mol. The Labute approximate surface area is 86.2 Å². The zero-order valence-corrected chi connectivity index (χ0v) is 8.71. The Morgan fingerprint density at radius 2 is 2.36 bits per heavy atom. The van der Waals surface area contributed by atoms with E-state index in [1.165, 1.54) is 5.56 Å². The zero-order valence-electron chi connectivity index (χ0n) is 7.90. The highest BCUT2D eigenvalue weighted by Crippen LogP contribution is 2.25. The molecule has 0 saturated carbocycles. The zero-order chi connectivity index (χ0) is 10.1. The van der Waals surface area contributed by atoms with E-state index in [1.807, 2.05) is 19.1 Å². The third-order valence-electron chi connectivity index (χ3n) is 2.07. The van der Waals surface area contributed by atoms with Crippen molar-refractivity contribution in [1.82, 2.24) is 4.98 Å². The lowest BCUT2D eigenvalue weighted by atomic mass is 10.2. The predicted molar refractivity (Wildman–Crippen MR) is 58.4 cm³/mol. The topological polar surface area (TPSA) is 59.1 Å². The van der Waals surface area contributed by atoms with Crippen LogP contribution in [0.3, 0.4) is 0 Å². The van der Waals surface area contributed by atoms with Gasteiger partial charge in [-0.25, -0.2) is 4.98 Å². The van der Waals surface area contributed by atoms with E-state index in [4.69, 9.17) is 10.8 Å². The molecule has 0 aliphatic rings.